The van der Waals surface area contributed by atoms with Crippen molar-refractivity contribution in [3.05, 3.63) is 35.4 Å². The summed E-state index contributed by atoms with van der Waals surface area (Å²) < 4.78 is 24.7. The molecule has 3 rings (SSSR count). The van der Waals surface area contributed by atoms with Gasteiger partial charge < -0.3 is 10.2 Å². The first-order chi connectivity index (χ1) is 12.3. The third-order valence-electron chi connectivity index (χ3n) is 5.13. The van der Waals surface area contributed by atoms with Gasteiger partial charge in [-0.2, -0.15) is 0 Å². The Morgan fingerprint density at radius 2 is 1.88 bits per heavy atom. The van der Waals surface area contributed by atoms with Gasteiger partial charge in [-0.25, -0.2) is 12.7 Å². The molecule has 0 radical (unpaired) electrons. The number of piperidine rings is 1. The normalized spacial score (nSPS) is 22.9. The highest BCUT2D eigenvalue weighted by Crippen LogP contribution is 2.29. The van der Waals surface area contributed by atoms with Crippen molar-refractivity contribution in [3.63, 3.8) is 0 Å². The molecule has 2 aliphatic rings. The highest BCUT2D eigenvalue weighted by molar-refractivity contribution is 7.88. The molecule has 2 aliphatic heterocycles. The lowest BCUT2D eigenvalue weighted by Gasteiger charge is -2.39. The van der Waals surface area contributed by atoms with Gasteiger partial charge in [0.05, 0.1) is 6.26 Å². The molecule has 2 saturated heterocycles. The molecular weight excluding hydrogens is 354 g/mol. The predicted molar refractivity (Wildman–Crippen MR) is 97.8 cm³/mol. The number of nitrogens with zero attached hydrogens (tertiary/aromatic N) is 2. The summed E-state index contributed by atoms with van der Waals surface area (Å²) in [6, 6.07) is 7.03. The SMILES string of the molecule is Cc1cccc(C2C(=O)NCCN2C(=O)C2CCN(S(C)(=O)=O)CC2)c1. The molecule has 0 aromatic heterocycles. The van der Waals surface area contributed by atoms with Gasteiger partial charge in [0.1, 0.15) is 6.04 Å². The second-order valence-electron chi connectivity index (χ2n) is 7.08. The number of rotatable bonds is 3. The molecule has 1 aromatic rings. The van der Waals surface area contributed by atoms with Gasteiger partial charge >= 0.3 is 0 Å². The largest absolute Gasteiger partial charge is 0.352 e. The van der Waals surface area contributed by atoms with E-state index in [0.29, 0.717) is 39.0 Å². The van der Waals surface area contributed by atoms with Gasteiger partial charge in [-0.1, -0.05) is 29.8 Å². The summed E-state index contributed by atoms with van der Waals surface area (Å²) in [5.41, 5.74) is 1.85. The Morgan fingerprint density at radius 3 is 2.50 bits per heavy atom. The van der Waals surface area contributed by atoms with E-state index in [2.05, 4.69) is 5.32 Å². The first-order valence-electron chi connectivity index (χ1n) is 8.87. The van der Waals surface area contributed by atoms with Crippen molar-refractivity contribution in [3.8, 4) is 0 Å². The Hall–Kier alpha value is -1.93. The molecule has 1 N–H and O–H groups in total. The Labute approximate surface area is 154 Å². The fourth-order valence-electron chi connectivity index (χ4n) is 3.74. The highest BCUT2D eigenvalue weighted by atomic mass is 32.2. The number of sulfonamides is 1. The van der Waals surface area contributed by atoms with Gasteiger partial charge in [-0.15, -0.1) is 0 Å². The summed E-state index contributed by atoms with van der Waals surface area (Å²) in [5.74, 6) is -0.463. The topological polar surface area (TPSA) is 86.8 Å². The van der Waals surface area contributed by atoms with Gasteiger partial charge in [0.25, 0.3) is 0 Å². The molecule has 0 saturated carbocycles. The number of hydrogen-bond donors (Lipinski definition) is 1. The van der Waals surface area contributed by atoms with E-state index in [9.17, 15) is 18.0 Å². The van der Waals surface area contributed by atoms with Crippen molar-refractivity contribution >= 4 is 21.8 Å². The number of hydrogen-bond acceptors (Lipinski definition) is 4. The van der Waals surface area contributed by atoms with E-state index in [1.54, 1.807) is 4.90 Å². The van der Waals surface area contributed by atoms with E-state index in [1.807, 2.05) is 31.2 Å². The molecule has 1 atom stereocenters. The fourth-order valence-corrected chi connectivity index (χ4v) is 4.62. The highest BCUT2D eigenvalue weighted by Gasteiger charge is 2.38. The molecule has 1 unspecified atom stereocenters. The van der Waals surface area contributed by atoms with E-state index in [0.717, 1.165) is 11.1 Å². The summed E-state index contributed by atoms with van der Waals surface area (Å²) in [6.07, 6.45) is 2.17. The first-order valence-corrected chi connectivity index (χ1v) is 10.7. The van der Waals surface area contributed by atoms with E-state index in [4.69, 9.17) is 0 Å². The monoisotopic (exact) mass is 379 g/mol. The van der Waals surface area contributed by atoms with Crippen LogP contribution in [0.1, 0.15) is 30.0 Å². The van der Waals surface area contributed by atoms with E-state index in [1.165, 1.54) is 10.6 Å². The maximum atomic E-state index is 13.1. The Balaban J connectivity index is 1.78. The van der Waals surface area contributed by atoms with Gasteiger partial charge in [0.2, 0.25) is 21.8 Å². The molecular formula is C18H25N3O4S. The van der Waals surface area contributed by atoms with Crippen LogP contribution in [0.25, 0.3) is 0 Å². The van der Waals surface area contributed by atoms with Crippen molar-refractivity contribution in [2.45, 2.75) is 25.8 Å². The Kier molecular flexibility index (Phi) is 5.34. The maximum Gasteiger partial charge on any atom is 0.247 e. The summed E-state index contributed by atoms with van der Waals surface area (Å²) >= 11 is 0. The van der Waals surface area contributed by atoms with Gasteiger partial charge in [0, 0.05) is 32.1 Å². The van der Waals surface area contributed by atoms with Gasteiger partial charge in [-0.3, -0.25) is 9.59 Å². The number of aryl methyl sites for hydroxylation is 1. The molecule has 2 heterocycles. The minimum atomic E-state index is -3.22. The van der Waals surface area contributed by atoms with Crippen LogP contribution in [0.4, 0.5) is 0 Å². The van der Waals surface area contributed by atoms with Crippen LogP contribution in [0.3, 0.4) is 0 Å². The number of nitrogens with one attached hydrogen (secondary N) is 1. The number of carbonyl (C=O) groups excluding carboxylic acids is 2. The van der Waals surface area contributed by atoms with Gasteiger partial charge in [0.15, 0.2) is 0 Å². The minimum Gasteiger partial charge on any atom is -0.352 e. The summed E-state index contributed by atoms with van der Waals surface area (Å²) in [4.78, 5) is 27.3. The van der Waals surface area contributed by atoms with Crippen molar-refractivity contribution < 1.29 is 18.0 Å². The lowest BCUT2D eigenvalue weighted by molar-refractivity contribution is -0.147. The second kappa shape index (κ2) is 7.36. The number of benzene rings is 1. The average molecular weight is 379 g/mol. The number of amides is 2. The third kappa shape index (κ3) is 3.91. The predicted octanol–water partition coefficient (Wildman–Crippen LogP) is 0.666. The molecule has 142 valence electrons. The van der Waals surface area contributed by atoms with Crippen molar-refractivity contribution in [2.75, 3.05) is 32.4 Å². The second-order valence-corrected chi connectivity index (χ2v) is 9.06. The standard InChI is InChI=1S/C18H25N3O4S/c1-13-4-3-5-15(12-13)16-17(22)19-8-11-21(16)18(23)14-6-9-20(10-7-14)26(2,24)25/h3-5,12,14,16H,6-11H2,1-2H3,(H,19,22). The van der Waals surface area contributed by atoms with Crippen LogP contribution in [0.15, 0.2) is 24.3 Å². The Bertz CT molecular complexity index is 800. The van der Waals surface area contributed by atoms with E-state index in [-0.39, 0.29) is 17.7 Å². The molecule has 0 bridgehead atoms. The molecule has 1 aromatic carbocycles. The van der Waals surface area contributed by atoms with Crippen LogP contribution in [0.2, 0.25) is 0 Å². The third-order valence-corrected chi connectivity index (χ3v) is 6.43. The molecule has 0 spiro atoms. The maximum absolute atomic E-state index is 13.1. The molecule has 2 fully saturated rings. The van der Waals surface area contributed by atoms with Crippen LogP contribution < -0.4 is 5.32 Å². The first kappa shape index (κ1) is 18.8. The summed E-state index contributed by atoms with van der Waals surface area (Å²) in [6.45, 7) is 3.57. The Morgan fingerprint density at radius 1 is 1.19 bits per heavy atom. The van der Waals surface area contributed by atoms with Crippen LogP contribution >= 0.6 is 0 Å². The zero-order valence-corrected chi connectivity index (χ0v) is 16.0. The van der Waals surface area contributed by atoms with Crippen LogP contribution in [-0.4, -0.2) is 61.9 Å². The van der Waals surface area contributed by atoms with E-state index < -0.39 is 16.1 Å². The van der Waals surface area contributed by atoms with Crippen molar-refractivity contribution in [1.29, 1.82) is 0 Å². The van der Waals surface area contributed by atoms with Gasteiger partial charge in [-0.05, 0) is 25.3 Å². The molecule has 0 aliphatic carbocycles. The molecule has 7 nitrogen and oxygen atoms in total. The number of carbonyl (C=O) groups is 2. The molecule has 26 heavy (non-hydrogen) atoms. The zero-order chi connectivity index (χ0) is 18.9. The smallest absolute Gasteiger partial charge is 0.247 e. The van der Waals surface area contributed by atoms with Crippen LogP contribution in [0.5, 0.6) is 0 Å². The number of piperazine rings is 1. The summed E-state index contributed by atoms with van der Waals surface area (Å²) in [5, 5.41) is 2.84. The quantitative estimate of drug-likeness (QED) is 0.836. The van der Waals surface area contributed by atoms with Crippen molar-refractivity contribution in [2.24, 2.45) is 5.92 Å². The minimum absolute atomic E-state index is 0.0560. The van der Waals surface area contributed by atoms with Crippen LogP contribution in [-0.2, 0) is 19.6 Å². The van der Waals surface area contributed by atoms with E-state index >= 15 is 0 Å². The zero-order valence-electron chi connectivity index (χ0n) is 15.1. The molecule has 8 heteroatoms. The van der Waals surface area contributed by atoms with Crippen LogP contribution in [0, 0.1) is 12.8 Å². The average Bonchev–Trinajstić information content (AvgIpc) is 2.60. The summed E-state index contributed by atoms with van der Waals surface area (Å²) in [7, 11) is -3.22. The lowest BCUT2D eigenvalue weighted by Crippen LogP contribution is -2.54. The molecule has 2 amide bonds. The fraction of sp³-hybridized carbons (Fsp3) is 0.556. The van der Waals surface area contributed by atoms with Crippen molar-refractivity contribution in [1.82, 2.24) is 14.5 Å². The lowest BCUT2D eigenvalue weighted by atomic mass is 9.93.